The van der Waals surface area contributed by atoms with Gasteiger partial charge in [-0.2, -0.15) is 0 Å². The molecule has 0 atom stereocenters. The smallest absolute Gasteiger partial charge is 0.137 e. The lowest BCUT2D eigenvalue weighted by atomic mass is 10.1. The van der Waals surface area contributed by atoms with Crippen molar-refractivity contribution in [2.75, 3.05) is 7.11 Å². The van der Waals surface area contributed by atoms with Gasteiger partial charge in [-0.25, -0.2) is 0 Å². The Balaban J connectivity index is 1.93. The fourth-order valence-electron chi connectivity index (χ4n) is 2.30. The molecular formula is C17H16O2. The number of furan rings is 1. The molecule has 0 spiro atoms. The third-order valence-corrected chi connectivity index (χ3v) is 3.24. The first-order valence-corrected chi connectivity index (χ1v) is 6.36. The summed E-state index contributed by atoms with van der Waals surface area (Å²) in [7, 11) is 1.66. The van der Waals surface area contributed by atoms with Gasteiger partial charge in [-0.05, 0) is 30.7 Å². The second-order valence-corrected chi connectivity index (χ2v) is 4.78. The fraction of sp³-hybridized carbons (Fsp3) is 0.176. The summed E-state index contributed by atoms with van der Waals surface area (Å²) in [5.41, 5.74) is 3.42. The highest BCUT2D eigenvalue weighted by molar-refractivity contribution is 5.79. The molecule has 0 aliphatic rings. The van der Waals surface area contributed by atoms with E-state index in [2.05, 4.69) is 37.3 Å². The summed E-state index contributed by atoms with van der Waals surface area (Å²) in [6, 6.07) is 16.5. The van der Waals surface area contributed by atoms with E-state index in [1.165, 1.54) is 11.1 Å². The standard InChI is InChI=1S/C17H16O2/c1-12-4-3-5-13(8-12)9-16-10-14-6-7-15(18-2)11-17(14)19-16/h3-8,10-11H,9H2,1-2H3. The lowest BCUT2D eigenvalue weighted by molar-refractivity contribution is 0.414. The zero-order valence-electron chi connectivity index (χ0n) is 11.1. The molecule has 0 aliphatic carbocycles. The first-order valence-electron chi connectivity index (χ1n) is 6.36. The highest BCUT2D eigenvalue weighted by Crippen LogP contribution is 2.25. The summed E-state index contributed by atoms with van der Waals surface area (Å²) in [4.78, 5) is 0. The van der Waals surface area contributed by atoms with E-state index in [1.54, 1.807) is 7.11 Å². The first-order chi connectivity index (χ1) is 9.24. The number of fused-ring (bicyclic) bond motifs is 1. The quantitative estimate of drug-likeness (QED) is 0.691. The molecule has 1 aromatic heterocycles. The fourth-order valence-corrected chi connectivity index (χ4v) is 2.30. The maximum Gasteiger partial charge on any atom is 0.137 e. The molecule has 0 aliphatic heterocycles. The molecule has 0 unspecified atom stereocenters. The van der Waals surface area contributed by atoms with Gasteiger partial charge in [0.05, 0.1) is 7.11 Å². The van der Waals surface area contributed by atoms with Gasteiger partial charge in [0.1, 0.15) is 17.1 Å². The van der Waals surface area contributed by atoms with Gasteiger partial charge >= 0.3 is 0 Å². The van der Waals surface area contributed by atoms with Crippen molar-refractivity contribution in [2.45, 2.75) is 13.3 Å². The normalized spacial score (nSPS) is 10.8. The summed E-state index contributed by atoms with van der Waals surface area (Å²) in [5.74, 6) is 1.80. The summed E-state index contributed by atoms with van der Waals surface area (Å²) >= 11 is 0. The summed E-state index contributed by atoms with van der Waals surface area (Å²) in [6.45, 7) is 2.10. The minimum Gasteiger partial charge on any atom is -0.497 e. The van der Waals surface area contributed by atoms with Crippen molar-refractivity contribution in [1.82, 2.24) is 0 Å². The first kappa shape index (κ1) is 11.8. The number of ether oxygens (including phenoxy) is 1. The van der Waals surface area contributed by atoms with Crippen LogP contribution in [0, 0.1) is 6.92 Å². The molecular weight excluding hydrogens is 236 g/mol. The SMILES string of the molecule is COc1ccc2cc(Cc3cccc(C)c3)oc2c1. The van der Waals surface area contributed by atoms with Crippen LogP contribution in [0.5, 0.6) is 5.75 Å². The molecule has 19 heavy (non-hydrogen) atoms. The predicted molar refractivity (Wildman–Crippen MR) is 76.8 cm³/mol. The van der Waals surface area contributed by atoms with E-state index in [-0.39, 0.29) is 0 Å². The van der Waals surface area contributed by atoms with E-state index in [9.17, 15) is 0 Å². The minimum atomic E-state index is 0.818. The van der Waals surface area contributed by atoms with Crippen molar-refractivity contribution < 1.29 is 9.15 Å². The molecule has 3 rings (SSSR count). The number of rotatable bonds is 3. The van der Waals surface area contributed by atoms with Crippen LogP contribution in [0.4, 0.5) is 0 Å². The maximum atomic E-state index is 5.87. The Kier molecular flexibility index (Phi) is 3.00. The number of methoxy groups -OCH3 is 1. The van der Waals surface area contributed by atoms with E-state index < -0.39 is 0 Å². The van der Waals surface area contributed by atoms with Crippen molar-refractivity contribution in [3.63, 3.8) is 0 Å². The van der Waals surface area contributed by atoms with Gasteiger partial charge in [0.25, 0.3) is 0 Å². The van der Waals surface area contributed by atoms with E-state index in [1.807, 2.05) is 18.2 Å². The summed E-state index contributed by atoms with van der Waals surface area (Å²) in [6.07, 6.45) is 0.818. The van der Waals surface area contributed by atoms with E-state index >= 15 is 0 Å². The van der Waals surface area contributed by atoms with Crippen molar-refractivity contribution in [3.8, 4) is 5.75 Å². The third-order valence-electron chi connectivity index (χ3n) is 3.24. The molecule has 0 saturated carbocycles. The maximum absolute atomic E-state index is 5.87. The molecule has 2 heteroatoms. The lowest BCUT2D eigenvalue weighted by Gasteiger charge is -1.99. The van der Waals surface area contributed by atoms with Crippen molar-refractivity contribution in [2.24, 2.45) is 0 Å². The van der Waals surface area contributed by atoms with Crippen LogP contribution in [0.3, 0.4) is 0 Å². The monoisotopic (exact) mass is 252 g/mol. The summed E-state index contributed by atoms with van der Waals surface area (Å²) < 4.78 is 11.1. The Labute approximate surface area is 112 Å². The Morgan fingerprint density at radius 1 is 1.05 bits per heavy atom. The van der Waals surface area contributed by atoms with Crippen molar-refractivity contribution in [1.29, 1.82) is 0 Å². The third kappa shape index (κ3) is 2.48. The van der Waals surface area contributed by atoms with Gasteiger partial charge in [-0.1, -0.05) is 29.8 Å². The lowest BCUT2D eigenvalue weighted by Crippen LogP contribution is -1.85. The van der Waals surface area contributed by atoms with Crippen LogP contribution in [-0.4, -0.2) is 7.11 Å². The molecule has 0 N–H and O–H groups in total. The average Bonchev–Trinajstić information content (AvgIpc) is 2.79. The number of benzene rings is 2. The van der Waals surface area contributed by atoms with Crippen LogP contribution in [0.2, 0.25) is 0 Å². The second kappa shape index (κ2) is 4.81. The van der Waals surface area contributed by atoms with Crippen molar-refractivity contribution in [3.05, 3.63) is 65.4 Å². The van der Waals surface area contributed by atoms with Crippen LogP contribution >= 0.6 is 0 Å². The Morgan fingerprint density at radius 3 is 2.74 bits per heavy atom. The van der Waals surface area contributed by atoms with Gasteiger partial charge in [0.2, 0.25) is 0 Å². The Morgan fingerprint density at radius 2 is 1.95 bits per heavy atom. The van der Waals surface area contributed by atoms with Crippen LogP contribution < -0.4 is 4.74 Å². The molecule has 0 amide bonds. The zero-order valence-corrected chi connectivity index (χ0v) is 11.1. The molecule has 2 nitrogen and oxygen atoms in total. The Bertz CT molecular complexity index is 710. The number of hydrogen-bond acceptors (Lipinski definition) is 2. The van der Waals surface area contributed by atoms with Gasteiger partial charge in [-0.3, -0.25) is 0 Å². The predicted octanol–water partition coefficient (Wildman–Crippen LogP) is 4.34. The molecule has 96 valence electrons. The van der Waals surface area contributed by atoms with Crippen LogP contribution in [0.25, 0.3) is 11.0 Å². The topological polar surface area (TPSA) is 22.4 Å². The molecule has 0 saturated heterocycles. The molecule has 3 aromatic rings. The molecule has 0 radical (unpaired) electrons. The Hall–Kier alpha value is -2.22. The van der Waals surface area contributed by atoms with E-state index in [0.29, 0.717) is 0 Å². The minimum absolute atomic E-state index is 0.818. The van der Waals surface area contributed by atoms with Gasteiger partial charge in [0, 0.05) is 17.9 Å². The summed E-state index contributed by atoms with van der Waals surface area (Å²) in [5, 5.41) is 1.11. The highest BCUT2D eigenvalue weighted by atomic mass is 16.5. The number of hydrogen-bond donors (Lipinski definition) is 0. The zero-order chi connectivity index (χ0) is 13.2. The molecule has 2 aromatic carbocycles. The highest BCUT2D eigenvalue weighted by Gasteiger charge is 2.06. The van der Waals surface area contributed by atoms with E-state index in [4.69, 9.17) is 9.15 Å². The van der Waals surface area contributed by atoms with Crippen molar-refractivity contribution >= 4 is 11.0 Å². The average molecular weight is 252 g/mol. The number of aryl methyl sites for hydroxylation is 1. The molecule has 0 bridgehead atoms. The van der Waals surface area contributed by atoms with Crippen LogP contribution in [0.1, 0.15) is 16.9 Å². The van der Waals surface area contributed by atoms with Crippen LogP contribution in [0.15, 0.2) is 52.9 Å². The largest absolute Gasteiger partial charge is 0.497 e. The van der Waals surface area contributed by atoms with Crippen LogP contribution in [-0.2, 0) is 6.42 Å². The van der Waals surface area contributed by atoms with E-state index in [0.717, 1.165) is 28.9 Å². The molecule has 1 heterocycles. The van der Waals surface area contributed by atoms with Gasteiger partial charge in [0.15, 0.2) is 0 Å². The van der Waals surface area contributed by atoms with Gasteiger partial charge < -0.3 is 9.15 Å². The molecule has 0 fully saturated rings. The second-order valence-electron chi connectivity index (χ2n) is 4.78. The van der Waals surface area contributed by atoms with Gasteiger partial charge in [-0.15, -0.1) is 0 Å².